The Morgan fingerprint density at radius 1 is 1.20 bits per heavy atom. The van der Waals surface area contributed by atoms with Crippen molar-refractivity contribution in [3.8, 4) is 0 Å². The highest BCUT2D eigenvalue weighted by Crippen LogP contribution is 2.34. The molecule has 11 heteroatoms. The number of anilines is 2. The van der Waals surface area contributed by atoms with Crippen LogP contribution in [0.15, 0.2) is 57.3 Å². The molecule has 1 aromatic heterocycles. The molecule has 0 aliphatic carbocycles. The molecule has 0 radical (unpaired) electrons. The monoisotopic (exact) mass is 452 g/mol. The van der Waals surface area contributed by atoms with E-state index in [0.29, 0.717) is 0 Å². The van der Waals surface area contributed by atoms with E-state index in [4.69, 9.17) is 5.73 Å². The van der Waals surface area contributed by atoms with Gasteiger partial charge in [0.1, 0.15) is 33.9 Å². The van der Waals surface area contributed by atoms with Crippen molar-refractivity contribution in [2.75, 3.05) is 17.3 Å². The quantitative estimate of drug-likeness (QED) is 0.556. The van der Waals surface area contributed by atoms with Gasteiger partial charge in [-0.1, -0.05) is 17.7 Å². The molecule has 30 heavy (non-hydrogen) atoms. The molecule has 3 N–H and O–H groups in total. The Labute approximate surface area is 176 Å². The van der Waals surface area contributed by atoms with Crippen LogP contribution in [0.4, 0.5) is 20.3 Å². The van der Waals surface area contributed by atoms with Gasteiger partial charge in [-0.2, -0.15) is 5.10 Å². The number of thioether (sulfide) groups is 1. The molecule has 0 spiro atoms. The molecule has 1 amide bonds. The van der Waals surface area contributed by atoms with Crippen LogP contribution >= 0.6 is 11.8 Å². The molecule has 2 aromatic carbocycles. The zero-order valence-corrected chi connectivity index (χ0v) is 17.7. The highest BCUT2D eigenvalue weighted by Gasteiger charge is 2.29. The normalized spacial score (nSPS) is 11.5. The number of benzene rings is 2. The number of aromatic nitrogens is 2. The van der Waals surface area contributed by atoms with Gasteiger partial charge in [-0.15, -0.1) is 11.8 Å². The van der Waals surface area contributed by atoms with Crippen molar-refractivity contribution in [1.29, 1.82) is 0 Å². The van der Waals surface area contributed by atoms with Crippen LogP contribution in [0, 0.1) is 18.6 Å². The predicted octanol–water partition coefficient (Wildman–Crippen LogP) is 3.25. The fourth-order valence-corrected chi connectivity index (χ4v) is 5.13. The van der Waals surface area contributed by atoms with Gasteiger partial charge in [-0.3, -0.25) is 4.79 Å². The second-order valence-corrected chi connectivity index (χ2v) is 9.05. The lowest BCUT2D eigenvalue weighted by atomic mass is 10.2. The molecule has 0 aliphatic rings. The Bertz CT molecular complexity index is 1210. The standard InChI is InChI=1S/C19H18F2N4O3S2/c1-11-3-6-13(7-4-11)30(27,28)17-18(22)25(24-19(17)29-2)10-16(26)23-15-9-12(20)5-8-14(15)21/h3-9H,10,22H2,1-2H3,(H,23,26). The van der Waals surface area contributed by atoms with Gasteiger partial charge in [0.2, 0.25) is 15.7 Å². The van der Waals surface area contributed by atoms with Crippen molar-refractivity contribution in [3.63, 3.8) is 0 Å². The largest absolute Gasteiger partial charge is 0.383 e. The fraction of sp³-hybridized carbons (Fsp3) is 0.158. The third-order valence-electron chi connectivity index (χ3n) is 4.21. The Morgan fingerprint density at radius 2 is 1.87 bits per heavy atom. The van der Waals surface area contributed by atoms with E-state index in [-0.39, 0.29) is 26.3 Å². The molecule has 0 fully saturated rings. The summed E-state index contributed by atoms with van der Waals surface area (Å²) in [5.74, 6) is -2.51. The summed E-state index contributed by atoms with van der Waals surface area (Å²) in [5, 5.41) is 6.45. The summed E-state index contributed by atoms with van der Waals surface area (Å²) in [7, 11) is -3.99. The van der Waals surface area contributed by atoms with Gasteiger partial charge < -0.3 is 11.1 Å². The summed E-state index contributed by atoms with van der Waals surface area (Å²) in [6.45, 7) is 1.34. The number of aryl methyl sites for hydroxylation is 1. The Hall–Kier alpha value is -2.92. The maximum absolute atomic E-state index is 13.7. The number of amides is 1. The molecule has 7 nitrogen and oxygen atoms in total. The SMILES string of the molecule is CSc1nn(CC(=O)Nc2cc(F)ccc2F)c(N)c1S(=O)(=O)c1ccc(C)cc1. The smallest absolute Gasteiger partial charge is 0.246 e. The van der Waals surface area contributed by atoms with Crippen LogP contribution in [0.3, 0.4) is 0 Å². The number of carbonyl (C=O) groups is 1. The molecule has 0 bridgehead atoms. The number of hydrogen-bond acceptors (Lipinski definition) is 6. The number of halogens is 2. The van der Waals surface area contributed by atoms with Crippen LogP contribution in [0.25, 0.3) is 0 Å². The van der Waals surface area contributed by atoms with E-state index in [9.17, 15) is 22.0 Å². The van der Waals surface area contributed by atoms with Crippen LogP contribution in [-0.4, -0.2) is 30.4 Å². The summed E-state index contributed by atoms with van der Waals surface area (Å²) < 4.78 is 54.2. The predicted molar refractivity (Wildman–Crippen MR) is 110 cm³/mol. The first kappa shape index (κ1) is 21.8. The Kier molecular flexibility index (Phi) is 6.13. The van der Waals surface area contributed by atoms with Gasteiger partial charge in [0.05, 0.1) is 10.6 Å². The lowest BCUT2D eigenvalue weighted by molar-refractivity contribution is -0.116. The average Bonchev–Trinajstić information content (AvgIpc) is 3.01. The minimum atomic E-state index is -3.99. The summed E-state index contributed by atoms with van der Waals surface area (Å²) >= 11 is 1.06. The van der Waals surface area contributed by atoms with Crippen LogP contribution in [0.2, 0.25) is 0 Å². The first-order chi connectivity index (χ1) is 14.1. The lowest BCUT2D eigenvalue weighted by Crippen LogP contribution is -2.21. The third kappa shape index (κ3) is 4.31. The summed E-state index contributed by atoms with van der Waals surface area (Å²) in [4.78, 5) is 12.1. The van der Waals surface area contributed by atoms with E-state index in [1.54, 1.807) is 18.4 Å². The van der Waals surface area contributed by atoms with Gasteiger partial charge in [0.25, 0.3) is 0 Å². The lowest BCUT2D eigenvalue weighted by Gasteiger charge is -2.08. The van der Waals surface area contributed by atoms with Gasteiger partial charge >= 0.3 is 0 Å². The van der Waals surface area contributed by atoms with Crippen molar-refractivity contribution in [3.05, 3.63) is 59.7 Å². The molecule has 3 aromatic rings. The molecule has 3 rings (SSSR count). The number of carbonyl (C=O) groups excluding carboxylic acids is 1. The van der Waals surface area contributed by atoms with Crippen molar-refractivity contribution >= 4 is 39.0 Å². The summed E-state index contributed by atoms with van der Waals surface area (Å²) in [6.07, 6.45) is 1.63. The molecule has 0 unspecified atom stereocenters. The third-order valence-corrected chi connectivity index (χ3v) is 6.84. The Morgan fingerprint density at radius 3 is 2.50 bits per heavy atom. The van der Waals surface area contributed by atoms with Crippen molar-refractivity contribution in [1.82, 2.24) is 9.78 Å². The first-order valence-electron chi connectivity index (χ1n) is 8.60. The van der Waals surface area contributed by atoms with E-state index < -0.39 is 33.9 Å². The van der Waals surface area contributed by atoms with Crippen molar-refractivity contribution < 1.29 is 22.0 Å². The van der Waals surface area contributed by atoms with E-state index in [2.05, 4.69) is 10.4 Å². The van der Waals surface area contributed by atoms with Gasteiger partial charge in [0.15, 0.2) is 0 Å². The van der Waals surface area contributed by atoms with E-state index in [1.807, 2.05) is 6.92 Å². The number of nitrogen functional groups attached to an aromatic ring is 1. The molecule has 0 aliphatic heterocycles. The van der Waals surface area contributed by atoms with Crippen molar-refractivity contribution in [2.24, 2.45) is 0 Å². The molecule has 0 saturated heterocycles. The minimum Gasteiger partial charge on any atom is -0.383 e. The number of sulfone groups is 1. The van der Waals surface area contributed by atoms with Gasteiger partial charge in [-0.05, 0) is 37.4 Å². The first-order valence-corrected chi connectivity index (χ1v) is 11.3. The molecular formula is C19H18F2N4O3S2. The van der Waals surface area contributed by atoms with Crippen molar-refractivity contribution in [2.45, 2.75) is 28.3 Å². The molecular weight excluding hydrogens is 434 g/mol. The topological polar surface area (TPSA) is 107 Å². The molecule has 0 atom stereocenters. The average molecular weight is 453 g/mol. The molecule has 1 heterocycles. The number of nitrogens with zero attached hydrogens (tertiary/aromatic N) is 2. The summed E-state index contributed by atoms with van der Waals surface area (Å²) in [5.41, 5.74) is 6.57. The minimum absolute atomic E-state index is 0.0425. The fourth-order valence-electron chi connectivity index (χ4n) is 2.70. The second-order valence-electron chi connectivity index (χ2n) is 6.37. The highest BCUT2D eigenvalue weighted by atomic mass is 32.2. The Balaban J connectivity index is 1.92. The van der Waals surface area contributed by atoms with Gasteiger partial charge in [0, 0.05) is 6.07 Å². The number of nitrogens with two attached hydrogens (primary N) is 1. The maximum atomic E-state index is 13.7. The number of nitrogens with one attached hydrogen (secondary N) is 1. The van der Waals surface area contributed by atoms with E-state index >= 15 is 0 Å². The highest BCUT2D eigenvalue weighted by molar-refractivity contribution is 7.99. The van der Waals surface area contributed by atoms with Gasteiger partial charge in [-0.25, -0.2) is 21.9 Å². The molecule has 158 valence electrons. The zero-order chi connectivity index (χ0) is 22.1. The number of hydrogen-bond donors (Lipinski definition) is 2. The number of rotatable bonds is 6. The zero-order valence-electron chi connectivity index (χ0n) is 16.0. The van der Waals surface area contributed by atoms with E-state index in [0.717, 1.165) is 40.2 Å². The maximum Gasteiger partial charge on any atom is 0.246 e. The van der Waals surface area contributed by atoms with Crippen LogP contribution in [0.5, 0.6) is 0 Å². The van der Waals surface area contributed by atoms with E-state index in [1.165, 1.54) is 12.1 Å². The van der Waals surface area contributed by atoms with Crippen LogP contribution in [0.1, 0.15) is 5.56 Å². The molecule has 0 saturated carbocycles. The van der Waals surface area contributed by atoms with Crippen LogP contribution in [-0.2, 0) is 21.2 Å². The van der Waals surface area contributed by atoms with Crippen LogP contribution < -0.4 is 11.1 Å². The summed E-state index contributed by atoms with van der Waals surface area (Å²) in [6, 6.07) is 8.88. The second kappa shape index (κ2) is 8.44.